The summed E-state index contributed by atoms with van der Waals surface area (Å²) in [6.07, 6.45) is 12.6. The minimum atomic E-state index is -0.520. The maximum Gasteiger partial charge on any atom is 0.257 e. The molecule has 2 bridgehead atoms. The third-order valence-electron chi connectivity index (χ3n) is 9.99. The molecule has 4 amide bonds. The van der Waals surface area contributed by atoms with Crippen molar-refractivity contribution in [1.29, 1.82) is 0 Å². The van der Waals surface area contributed by atoms with Crippen LogP contribution in [0.3, 0.4) is 0 Å². The SMILES string of the molecule is O=C(COc1c(F)ccc2sc(N3C4CCCC3COC4)nc12)NCCCCCCCCCCC(=O)Nc1ccc(C2CCC(=O)NC2=O)cc1. The minimum absolute atomic E-state index is 0.0265. The van der Waals surface area contributed by atoms with Crippen LogP contribution in [-0.4, -0.2) is 67.1 Å². The van der Waals surface area contributed by atoms with Crippen molar-refractivity contribution in [3.05, 3.63) is 47.8 Å². The van der Waals surface area contributed by atoms with Crippen molar-refractivity contribution < 1.29 is 33.0 Å². The molecule has 274 valence electrons. The standard InChI is InChI=1S/C38H48FN5O6S/c39-30-18-19-31-35(43-38(51-31)44-27-10-9-11-28(44)23-49-22-27)36(30)50-24-34(47)40-21-8-6-4-2-1-3-5-7-12-32(45)41-26-15-13-25(14-16-26)29-17-20-33(46)42-37(29)48/h13-16,18-19,27-29H,1-12,17,20-24H2,(H,40,47)(H,41,45)(H,42,46,48). The summed E-state index contributed by atoms with van der Waals surface area (Å²) >= 11 is 1.53. The average molecular weight is 722 g/mol. The van der Waals surface area contributed by atoms with Crippen LogP contribution in [0.2, 0.25) is 0 Å². The summed E-state index contributed by atoms with van der Waals surface area (Å²) in [5.74, 6) is -1.63. The molecule has 4 heterocycles. The van der Waals surface area contributed by atoms with Gasteiger partial charge in [-0.15, -0.1) is 0 Å². The number of nitrogens with zero attached hydrogens (tertiary/aromatic N) is 2. The summed E-state index contributed by atoms with van der Waals surface area (Å²) in [4.78, 5) is 55.4. The molecule has 3 fully saturated rings. The Balaban J connectivity index is 0.797. The second-order valence-electron chi connectivity index (χ2n) is 13.8. The first kappa shape index (κ1) is 36.7. The lowest BCUT2D eigenvalue weighted by Crippen LogP contribution is -2.55. The first-order valence-corrected chi connectivity index (χ1v) is 19.3. The van der Waals surface area contributed by atoms with Gasteiger partial charge in [0.2, 0.25) is 17.7 Å². The van der Waals surface area contributed by atoms with E-state index in [1.54, 1.807) is 18.2 Å². The fraction of sp³-hybridized carbons (Fsp3) is 0.553. The monoisotopic (exact) mass is 721 g/mol. The lowest BCUT2D eigenvalue weighted by molar-refractivity contribution is -0.134. The van der Waals surface area contributed by atoms with Crippen LogP contribution in [0, 0.1) is 5.82 Å². The number of hydrogen-bond acceptors (Lipinski definition) is 9. The smallest absolute Gasteiger partial charge is 0.257 e. The minimum Gasteiger partial charge on any atom is -0.478 e. The number of rotatable bonds is 17. The third kappa shape index (κ3) is 9.82. The molecular weight excluding hydrogens is 674 g/mol. The number of fused-ring (bicyclic) bond motifs is 3. The molecule has 3 aliphatic heterocycles. The van der Waals surface area contributed by atoms with Gasteiger partial charge < -0.3 is 25.0 Å². The van der Waals surface area contributed by atoms with E-state index in [0.29, 0.717) is 50.2 Å². The predicted octanol–water partition coefficient (Wildman–Crippen LogP) is 6.36. The summed E-state index contributed by atoms with van der Waals surface area (Å²) in [6, 6.07) is 10.9. The summed E-state index contributed by atoms with van der Waals surface area (Å²) in [7, 11) is 0. The number of benzene rings is 2. The highest BCUT2D eigenvalue weighted by Gasteiger charge is 2.36. The van der Waals surface area contributed by atoms with E-state index in [1.807, 2.05) is 12.1 Å². The molecule has 3 atom stereocenters. The Labute approximate surface area is 302 Å². The van der Waals surface area contributed by atoms with Crippen LogP contribution in [0.25, 0.3) is 10.2 Å². The van der Waals surface area contributed by atoms with E-state index in [0.717, 1.165) is 79.6 Å². The van der Waals surface area contributed by atoms with Crippen LogP contribution in [0.4, 0.5) is 15.2 Å². The van der Waals surface area contributed by atoms with E-state index in [9.17, 15) is 23.6 Å². The van der Waals surface area contributed by atoms with Crippen LogP contribution in [0.15, 0.2) is 36.4 Å². The quantitative estimate of drug-likeness (QED) is 0.108. The number of thiazole rings is 1. The fourth-order valence-corrected chi connectivity index (χ4v) is 8.36. The predicted molar refractivity (Wildman–Crippen MR) is 195 cm³/mol. The van der Waals surface area contributed by atoms with E-state index >= 15 is 0 Å². The van der Waals surface area contributed by atoms with Crippen molar-refractivity contribution in [3.8, 4) is 5.75 Å². The number of nitrogens with one attached hydrogen (secondary N) is 3. The highest BCUT2D eigenvalue weighted by atomic mass is 32.1. The third-order valence-corrected chi connectivity index (χ3v) is 11.0. The number of aromatic nitrogens is 1. The number of carbonyl (C=O) groups is 4. The summed E-state index contributed by atoms with van der Waals surface area (Å²) < 4.78 is 27.1. The van der Waals surface area contributed by atoms with Crippen LogP contribution in [0.5, 0.6) is 5.75 Å². The van der Waals surface area contributed by atoms with Crippen LogP contribution < -0.4 is 25.6 Å². The number of ether oxygens (including phenoxy) is 2. The second kappa shape index (κ2) is 17.9. The Morgan fingerprint density at radius 2 is 1.63 bits per heavy atom. The Bertz CT molecular complexity index is 1660. The van der Waals surface area contributed by atoms with Crippen molar-refractivity contribution in [2.24, 2.45) is 0 Å². The summed E-state index contributed by atoms with van der Waals surface area (Å²) in [6.45, 7) is 1.65. The number of imide groups is 1. The number of hydrogen-bond donors (Lipinski definition) is 3. The average Bonchev–Trinajstić information content (AvgIpc) is 3.54. The van der Waals surface area contributed by atoms with Gasteiger partial charge in [-0.05, 0) is 68.4 Å². The number of anilines is 2. The highest BCUT2D eigenvalue weighted by Crippen LogP contribution is 2.40. The fourth-order valence-electron chi connectivity index (χ4n) is 7.25. The van der Waals surface area contributed by atoms with Crippen molar-refractivity contribution in [1.82, 2.24) is 15.6 Å². The number of amides is 4. The molecule has 3 unspecified atom stereocenters. The molecule has 3 aromatic rings. The summed E-state index contributed by atoms with van der Waals surface area (Å²) in [5, 5.41) is 9.04. The molecule has 3 aliphatic rings. The maximum atomic E-state index is 14.8. The second-order valence-corrected chi connectivity index (χ2v) is 14.8. The normalized spacial score (nSPS) is 20.3. The molecule has 1 aromatic heterocycles. The first-order valence-electron chi connectivity index (χ1n) is 18.4. The van der Waals surface area contributed by atoms with Gasteiger partial charge >= 0.3 is 0 Å². The zero-order valence-electron chi connectivity index (χ0n) is 29.1. The molecule has 51 heavy (non-hydrogen) atoms. The van der Waals surface area contributed by atoms with E-state index in [-0.39, 0.29) is 54.0 Å². The molecule has 3 N–H and O–H groups in total. The van der Waals surface area contributed by atoms with Gasteiger partial charge in [0, 0.05) is 25.1 Å². The zero-order valence-corrected chi connectivity index (χ0v) is 29.9. The van der Waals surface area contributed by atoms with Gasteiger partial charge in [-0.1, -0.05) is 62.0 Å². The lowest BCUT2D eigenvalue weighted by Gasteiger charge is -2.45. The van der Waals surface area contributed by atoms with Crippen LogP contribution >= 0.6 is 11.3 Å². The molecular formula is C38H48FN5O6S. The molecule has 13 heteroatoms. The molecule has 0 aliphatic carbocycles. The zero-order chi connectivity index (χ0) is 35.6. The van der Waals surface area contributed by atoms with Gasteiger partial charge in [-0.25, -0.2) is 9.37 Å². The van der Waals surface area contributed by atoms with Gasteiger partial charge in [0.15, 0.2) is 23.3 Å². The Morgan fingerprint density at radius 1 is 0.922 bits per heavy atom. The Hall–Kier alpha value is -4.10. The van der Waals surface area contributed by atoms with Crippen LogP contribution in [-0.2, 0) is 23.9 Å². The van der Waals surface area contributed by atoms with Crippen molar-refractivity contribution >= 4 is 56.0 Å². The van der Waals surface area contributed by atoms with Gasteiger partial charge in [0.05, 0.1) is 35.9 Å². The molecule has 0 spiro atoms. The molecule has 6 rings (SSSR count). The van der Waals surface area contributed by atoms with Gasteiger partial charge in [-0.3, -0.25) is 24.5 Å². The lowest BCUT2D eigenvalue weighted by atomic mass is 9.90. The number of morpholine rings is 1. The van der Waals surface area contributed by atoms with Crippen molar-refractivity contribution in [3.63, 3.8) is 0 Å². The summed E-state index contributed by atoms with van der Waals surface area (Å²) in [5.41, 5.74) is 2.00. The number of unbranched alkanes of at least 4 members (excludes halogenated alkanes) is 7. The number of halogens is 1. The van der Waals surface area contributed by atoms with Crippen LogP contribution in [0.1, 0.15) is 101 Å². The molecule has 0 radical (unpaired) electrons. The van der Waals surface area contributed by atoms with Gasteiger partial charge in [-0.2, -0.15) is 0 Å². The van der Waals surface area contributed by atoms with E-state index in [1.165, 1.54) is 23.8 Å². The molecule has 3 saturated heterocycles. The van der Waals surface area contributed by atoms with Gasteiger partial charge in [0.25, 0.3) is 5.91 Å². The molecule has 2 aromatic carbocycles. The topological polar surface area (TPSA) is 139 Å². The Kier molecular flexibility index (Phi) is 12.9. The van der Waals surface area contributed by atoms with E-state index in [4.69, 9.17) is 14.5 Å². The van der Waals surface area contributed by atoms with Crippen molar-refractivity contribution in [2.75, 3.05) is 36.6 Å². The molecule has 11 nitrogen and oxygen atoms in total. The Morgan fingerprint density at radius 3 is 2.35 bits per heavy atom. The number of carbonyl (C=O) groups excluding carboxylic acids is 4. The first-order chi connectivity index (χ1) is 24.9. The van der Waals surface area contributed by atoms with Crippen molar-refractivity contribution in [2.45, 2.75) is 108 Å². The van der Waals surface area contributed by atoms with E-state index < -0.39 is 5.82 Å². The van der Waals surface area contributed by atoms with Gasteiger partial charge in [0.1, 0.15) is 5.52 Å². The van der Waals surface area contributed by atoms with E-state index in [2.05, 4.69) is 20.9 Å². The number of piperidine rings is 2. The largest absolute Gasteiger partial charge is 0.478 e. The molecule has 0 saturated carbocycles. The highest BCUT2D eigenvalue weighted by molar-refractivity contribution is 7.22. The maximum absolute atomic E-state index is 14.8.